The van der Waals surface area contributed by atoms with Gasteiger partial charge in [-0.1, -0.05) is 12.1 Å². The molecule has 0 spiro atoms. The van der Waals surface area contributed by atoms with E-state index in [1.165, 1.54) is 12.1 Å². The lowest BCUT2D eigenvalue weighted by Crippen LogP contribution is -2.03. The van der Waals surface area contributed by atoms with Crippen LogP contribution in [-0.4, -0.2) is 10.8 Å². The van der Waals surface area contributed by atoms with Crippen molar-refractivity contribution in [1.29, 1.82) is 0 Å². The zero-order valence-corrected chi connectivity index (χ0v) is 12.0. The van der Waals surface area contributed by atoms with Gasteiger partial charge in [-0.25, -0.2) is 9.38 Å². The number of nitrogens with zero attached hydrogens (tertiary/aromatic N) is 2. The van der Waals surface area contributed by atoms with Gasteiger partial charge in [0.05, 0.1) is 11.5 Å². The number of hydrogen-bond donors (Lipinski definition) is 1. The number of rotatable bonds is 3. The highest BCUT2D eigenvalue weighted by Crippen LogP contribution is 2.32. The zero-order chi connectivity index (χ0) is 15.5. The molecule has 110 valence electrons. The Bertz CT molecular complexity index is 852. The standard InChI is InChI=1S/C17H14FN3O/c1-11(19)21-13-5-6-17(15(18)9-13)22-16-4-2-3-12-10-20-8-7-14(12)16/h2-10H,1H3,(H2,19,21). The summed E-state index contributed by atoms with van der Waals surface area (Å²) in [6.45, 7) is 1.65. The van der Waals surface area contributed by atoms with Crippen molar-refractivity contribution in [1.82, 2.24) is 4.98 Å². The molecular formula is C17H14FN3O. The number of benzene rings is 2. The van der Waals surface area contributed by atoms with E-state index in [1.807, 2.05) is 18.2 Å². The molecule has 5 heteroatoms. The van der Waals surface area contributed by atoms with E-state index in [0.717, 1.165) is 10.8 Å². The van der Waals surface area contributed by atoms with Crippen molar-refractivity contribution in [3.63, 3.8) is 0 Å². The highest BCUT2D eigenvalue weighted by atomic mass is 19.1. The largest absolute Gasteiger partial charge is 0.454 e. The van der Waals surface area contributed by atoms with Gasteiger partial charge in [-0.15, -0.1) is 0 Å². The van der Waals surface area contributed by atoms with Gasteiger partial charge < -0.3 is 10.5 Å². The molecule has 0 bridgehead atoms. The van der Waals surface area contributed by atoms with Crippen LogP contribution in [-0.2, 0) is 0 Å². The molecule has 0 aliphatic heterocycles. The van der Waals surface area contributed by atoms with Crippen LogP contribution in [0.15, 0.2) is 59.9 Å². The topological polar surface area (TPSA) is 60.5 Å². The van der Waals surface area contributed by atoms with E-state index in [1.54, 1.807) is 31.5 Å². The van der Waals surface area contributed by atoms with Gasteiger partial charge >= 0.3 is 0 Å². The summed E-state index contributed by atoms with van der Waals surface area (Å²) < 4.78 is 19.8. The molecule has 0 aliphatic rings. The molecule has 1 heterocycles. The summed E-state index contributed by atoms with van der Waals surface area (Å²) in [5, 5.41) is 1.80. The molecule has 22 heavy (non-hydrogen) atoms. The van der Waals surface area contributed by atoms with Crippen LogP contribution in [0.4, 0.5) is 10.1 Å². The number of nitrogens with two attached hydrogens (primary N) is 1. The second-order valence-corrected chi connectivity index (χ2v) is 4.82. The molecule has 0 aliphatic carbocycles. The van der Waals surface area contributed by atoms with Crippen LogP contribution in [0.3, 0.4) is 0 Å². The van der Waals surface area contributed by atoms with Crippen molar-refractivity contribution >= 4 is 22.3 Å². The molecule has 1 aromatic heterocycles. The van der Waals surface area contributed by atoms with Crippen molar-refractivity contribution in [2.24, 2.45) is 10.7 Å². The van der Waals surface area contributed by atoms with E-state index in [-0.39, 0.29) is 5.75 Å². The Labute approximate surface area is 127 Å². The van der Waals surface area contributed by atoms with Gasteiger partial charge in [0.25, 0.3) is 0 Å². The number of hydrogen-bond acceptors (Lipinski definition) is 3. The number of pyridine rings is 1. The van der Waals surface area contributed by atoms with Crippen LogP contribution >= 0.6 is 0 Å². The fourth-order valence-electron chi connectivity index (χ4n) is 2.15. The molecule has 3 rings (SSSR count). The fourth-order valence-corrected chi connectivity index (χ4v) is 2.15. The quantitative estimate of drug-likeness (QED) is 0.582. The number of halogens is 1. The van der Waals surface area contributed by atoms with Crippen molar-refractivity contribution in [3.8, 4) is 11.5 Å². The first kappa shape index (κ1) is 14.0. The maximum absolute atomic E-state index is 14.1. The predicted octanol–water partition coefficient (Wildman–Crippen LogP) is 4.17. The molecule has 3 aromatic rings. The van der Waals surface area contributed by atoms with Crippen LogP contribution in [0.1, 0.15) is 6.92 Å². The van der Waals surface area contributed by atoms with E-state index in [2.05, 4.69) is 9.98 Å². The van der Waals surface area contributed by atoms with Crippen molar-refractivity contribution in [2.45, 2.75) is 6.92 Å². The summed E-state index contributed by atoms with van der Waals surface area (Å²) in [5.41, 5.74) is 5.94. The van der Waals surface area contributed by atoms with Gasteiger partial charge in [-0.3, -0.25) is 4.98 Å². The fraction of sp³-hybridized carbons (Fsp3) is 0.0588. The maximum atomic E-state index is 14.1. The normalized spacial score (nSPS) is 11.6. The van der Waals surface area contributed by atoms with E-state index in [9.17, 15) is 4.39 Å². The van der Waals surface area contributed by atoms with Gasteiger partial charge in [-0.2, -0.15) is 0 Å². The molecule has 4 nitrogen and oxygen atoms in total. The van der Waals surface area contributed by atoms with Gasteiger partial charge in [0.15, 0.2) is 11.6 Å². The molecular weight excluding hydrogens is 281 g/mol. The van der Waals surface area contributed by atoms with E-state index >= 15 is 0 Å². The Hall–Kier alpha value is -2.95. The number of aliphatic imine (C=N–C) groups is 1. The first-order valence-corrected chi connectivity index (χ1v) is 6.74. The molecule has 0 saturated carbocycles. The first-order valence-electron chi connectivity index (χ1n) is 6.74. The Kier molecular flexibility index (Phi) is 3.70. The monoisotopic (exact) mass is 295 g/mol. The molecule has 0 fully saturated rings. The van der Waals surface area contributed by atoms with Gasteiger partial charge in [0.2, 0.25) is 0 Å². The second-order valence-electron chi connectivity index (χ2n) is 4.82. The Morgan fingerprint density at radius 1 is 1.18 bits per heavy atom. The van der Waals surface area contributed by atoms with Crippen LogP contribution in [0.5, 0.6) is 11.5 Å². The highest BCUT2D eigenvalue weighted by Gasteiger charge is 2.08. The summed E-state index contributed by atoms with van der Waals surface area (Å²) in [6, 6.07) is 11.9. The predicted molar refractivity (Wildman–Crippen MR) is 85.2 cm³/mol. The van der Waals surface area contributed by atoms with E-state index in [0.29, 0.717) is 17.3 Å². The molecule has 0 saturated heterocycles. The zero-order valence-electron chi connectivity index (χ0n) is 12.0. The Morgan fingerprint density at radius 2 is 2.05 bits per heavy atom. The van der Waals surface area contributed by atoms with Crippen LogP contribution in [0, 0.1) is 5.82 Å². The summed E-state index contributed by atoms with van der Waals surface area (Å²) >= 11 is 0. The first-order chi connectivity index (χ1) is 10.6. The average molecular weight is 295 g/mol. The molecule has 0 unspecified atom stereocenters. The summed E-state index contributed by atoms with van der Waals surface area (Å²) in [7, 11) is 0. The number of amidine groups is 1. The molecule has 0 amide bonds. The van der Waals surface area contributed by atoms with Crippen LogP contribution in [0.25, 0.3) is 10.8 Å². The molecule has 0 atom stereocenters. The average Bonchev–Trinajstić information content (AvgIpc) is 2.50. The number of aromatic nitrogens is 1. The summed E-state index contributed by atoms with van der Waals surface area (Å²) in [6.07, 6.45) is 3.41. The third kappa shape index (κ3) is 2.88. The Morgan fingerprint density at radius 3 is 2.82 bits per heavy atom. The number of fused-ring (bicyclic) bond motifs is 1. The van der Waals surface area contributed by atoms with Crippen LogP contribution in [0.2, 0.25) is 0 Å². The number of ether oxygens (including phenoxy) is 1. The highest BCUT2D eigenvalue weighted by molar-refractivity contribution is 5.87. The van der Waals surface area contributed by atoms with Crippen molar-refractivity contribution in [3.05, 3.63) is 60.7 Å². The van der Waals surface area contributed by atoms with E-state index in [4.69, 9.17) is 10.5 Å². The molecule has 0 radical (unpaired) electrons. The minimum atomic E-state index is -0.492. The van der Waals surface area contributed by atoms with Gasteiger partial charge in [0.1, 0.15) is 5.75 Å². The third-order valence-electron chi connectivity index (χ3n) is 3.08. The van der Waals surface area contributed by atoms with E-state index < -0.39 is 5.82 Å². The maximum Gasteiger partial charge on any atom is 0.167 e. The molecule has 2 N–H and O–H groups in total. The molecule has 2 aromatic carbocycles. The minimum absolute atomic E-state index is 0.137. The van der Waals surface area contributed by atoms with Crippen molar-refractivity contribution < 1.29 is 9.13 Å². The third-order valence-corrected chi connectivity index (χ3v) is 3.08. The van der Waals surface area contributed by atoms with Gasteiger partial charge in [0, 0.05) is 29.2 Å². The minimum Gasteiger partial charge on any atom is -0.454 e. The Balaban J connectivity index is 1.97. The lowest BCUT2D eigenvalue weighted by atomic mass is 10.1. The smallest absolute Gasteiger partial charge is 0.167 e. The van der Waals surface area contributed by atoms with Crippen LogP contribution < -0.4 is 10.5 Å². The van der Waals surface area contributed by atoms with Gasteiger partial charge in [-0.05, 0) is 31.2 Å². The lowest BCUT2D eigenvalue weighted by Gasteiger charge is -2.10. The summed E-state index contributed by atoms with van der Waals surface area (Å²) in [5.74, 6) is 0.589. The van der Waals surface area contributed by atoms with Crippen molar-refractivity contribution in [2.75, 3.05) is 0 Å². The lowest BCUT2D eigenvalue weighted by molar-refractivity contribution is 0.446. The second kappa shape index (κ2) is 5.81. The SMILES string of the molecule is CC(N)=Nc1ccc(Oc2cccc3cnccc23)c(F)c1. The summed E-state index contributed by atoms with van der Waals surface area (Å²) in [4.78, 5) is 8.07.